The van der Waals surface area contributed by atoms with Crippen molar-refractivity contribution in [2.45, 2.75) is 30.3 Å². The molecule has 0 spiro atoms. The third-order valence-electron chi connectivity index (χ3n) is 2.96. The highest BCUT2D eigenvalue weighted by Crippen LogP contribution is 2.24. The predicted molar refractivity (Wildman–Crippen MR) is 64.7 cm³/mol. The van der Waals surface area contributed by atoms with E-state index in [0.29, 0.717) is 13.0 Å². The van der Waals surface area contributed by atoms with Gasteiger partial charge in [-0.15, -0.1) is 0 Å². The molecular weight excluding hydrogens is 252 g/mol. The quantitative estimate of drug-likeness (QED) is 0.835. The maximum atomic E-state index is 12.4. The van der Waals surface area contributed by atoms with Crippen LogP contribution in [0.25, 0.3) is 0 Å². The molecule has 6 nitrogen and oxygen atoms in total. The largest absolute Gasteiger partial charge is 0.315 e. The summed E-state index contributed by atoms with van der Waals surface area (Å²) >= 11 is 0. The normalized spacial score (nSPS) is 21.4. The van der Waals surface area contributed by atoms with Crippen molar-refractivity contribution < 1.29 is 8.42 Å². The molecular formula is C11H14N4O2S. The Balaban J connectivity index is 2.45. The molecule has 96 valence electrons. The topological polar surface area (TPSA) is 100 Å². The Hall–Kier alpha value is -1.49. The Morgan fingerprint density at radius 3 is 2.94 bits per heavy atom. The van der Waals surface area contributed by atoms with Crippen LogP contribution in [0.4, 0.5) is 0 Å². The van der Waals surface area contributed by atoms with Gasteiger partial charge in [-0.1, -0.05) is 0 Å². The molecule has 0 amide bonds. The number of rotatable bonds is 2. The van der Waals surface area contributed by atoms with Gasteiger partial charge in [0.05, 0.1) is 6.17 Å². The van der Waals surface area contributed by atoms with Crippen LogP contribution in [0, 0.1) is 11.3 Å². The minimum Gasteiger partial charge on any atom is -0.315 e. The van der Waals surface area contributed by atoms with E-state index >= 15 is 0 Å². The summed E-state index contributed by atoms with van der Waals surface area (Å²) in [5, 5.41) is 8.92. The van der Waals surface area contributed by atoms with Gasteiger partial charge in [-0.05, 0) is 31.4 Å². The minimum absolute atomic E-state index is 0.0650. The van der Waals surface area contributed by atoms with E-state index in [2.05, 4.69) is 4.98 Å². The Bertz CT molecular complexity index is 579. The SMILES string of the molecule is N#Cc1ncccc1S(=O)(=O)N1CCCCC1N. The van der Waals surface area contributed by atoms with E-state index in [0.717, 1.165) is 12.8 Å². The highest BCUT2D eigenvalue weighted by atomic mass is 32.2. The summed E-state index contributed by atoms with van der Waals surface area (Å²) < 4.78 is 26.1. The van der Waals surface area contributed by atoms with E-state index in [4.69, 9.17) is 11.0 Å². The first-order chi connectivity index (χ1) is 8.57. The standard InChI is InChI=1S/C11H14N4O2S/c12-8-9-10(4-3-6-14-9)18(16,17)15-7-2-1-5-11(15)13/h3-4,6,11H,1-2,5,7,13H2. The second kappa shape index (κ2) is 5.02. The molecule has 1 unspecified atom stereocenters. The van der Waals surface area contributed by atoms with Crippen molar-refractivity contribution >= 4 is 10.0 Å². The van der Waals surface area contributed by atoms with Crippen LogP contribution in [0.15, 0.2) is 23.2 Å². The first-order valence-corrected chi connectivity index (χ1v) is 7.14. The van der Waals surface area contributed by atoms with Crippen molar-refractivity contribution in [3.05, 3.63) is 24.0 Å². The Morgan fingerprint density at radius 2 is 2.28 bits per heavy atom. The van der Waals surface area contributed by atoms with Crippen molar-refractivity contribution in [2.75, 3.05) is 6.54 Å². The van der Waals surface area contributed by atoms with Gasteiger partial charge in [0.2, 0.25) is 10.0 Å². The fourth-order valence-electron chi connectivity index (χ4n) is 2.04. The number of hydrogen-bond acceptors (Lipinski definition) is 5. The summed E-state index contributed by atoms with van der Waals surface area (Å²) in [4.78, 5) is 3.71. The van der Waals surface area contributed by atoms with Crippen LogP contribution in [-0.4, -0.2) is 30.4 Å². The van der Waals surface area contributed by atoms with Crippen LogP contribution in [0.3, 0.4) is 0 Å². The molecule has 0 saturated carbocycles. The number of piperidine rings is 1. The molecule has 1 atom stereocenters. The smallest absolute Gasteiger partial charge is 0.247 e. The Kier molecular flexibility index (Phi) is 3.61. The van der Waals surface area contributed by atoms with Gasteiger partial charge in [-0.3, -0.25) is 0 Å². The lowest BCUT2D eigenvalue weighted by Gasteiger charge is -2.31. The van der Waals surface area contributed by atoms with Gasteiger partial charge in [-0.2, -0.15) is 9.57 Å². The number of nitrogens with two attached hydrogens (primary N) is 1. The van der Waals surface area contributed by atoms with Gasteiger partial charge >= 0.3 is 0 Å². The zero-order valence-electron chi connectivity index (χ0n) is 9.78. The minimum atomic E-state index is -3.73. The Labute approximate surface area is 106 Å². The molecule has 1 saturated heterocycles. The molecule has 1 aliphatic rings. The molecule has 2 N–H and O–H groups in total. The van der Waals surface area contributed by atoms with E-state index < -0.39 is 16.2 Å². The average Bonchev–Trinajstić information content (AvgIpc) is 2.39. The zero-order chi connectivity index (χ0) is 13.2. The number of nitrogens with zero attached hydrogens (tertiary/aromatic N) is 3. The molecule has 0 bridgehead atoms. The second-order valence-electron chi connectivity index (χ2n) is 4.14. The molecule has 1 aromatic heterocycles. The molecule has 2 heterocycles. The second-order valence-corrected chi connectivity index (χ2v) is 6.00. The maximum Gasteiger partial charge on any atom is 0.247 e. The van der Waals surface area contributed by atoms with Crippen molar-refractivity contribution in [2.24, 2.45) is 5.73 Å². The summed E-state index contributed by atoms with van der Waals surface area (Å²) in [5.74, 6) is 0. The lowest BCUT2D eigenvalue weighted by atomic mass is 10.1. The number of nitriles is 1. The van der Waals surface area contributed by atoms with E-state index in [1.807, 2.05) is 0 Å². The Morgan fingerprint density at radius 1 is 1.50 bits per heavy atom. The monoisotopic (exact) mass is 266 g/mol. The third kappa shape index (κ3) is 2.22. The average molecular weight is 266 g/mol. The van der Waals surface area contributed by atoms with E-state index in [9.17, 15) is 8.42 Å². The molecule has 18 heavy (non-hydrogen) atoms. The van der Waals surface area contributed by atoms with Crippen LogP contribution in [0.2, 0.25) is 0 Å². The predicted octanol–water partition coefficient (Wildman–Crippen LogP) is 0.413. The fraction of sp³-hybridized carbons (Fsp3) is 0.455. The maximum absolute atomic E-state index is 12.4. The summed E-state index contributed by atoms with van der Waals surface area (Å²) in [6.07, 6.45) is 3.23. The molecule has 7 heteroatoms. The number of pyridine rings is 1. The van der Waals surface area contributed by atoms with E-state index in [1.165, 1.54) is 22.6 Å². The van der Waals surface area contributed by atoms with Crippen molar-refractivity contribution in [3.63, 3.8) is 0 Å². The summed E-state index contributed by atoms with van der Waals surface area (Å²) in [7, 11) is -3.73. The van der Waals surface area contributed by atoms with Gasteiger partial charge in [-0.25, -0.2) is 13.4 Å². The van der Waals surface area contributed by atoms with Crippen LogP contribution >= 0.6 is 0 Å². The van der Waals surface area contributed by atoms with Gasteiger partial charge in [0.25, 0.3) is 0 Å². The lowest BCUT2D eigenvalue weighted by molar-refractivity contribution is 0.258. The lowest BCUT2D eigenvalue weighted by Crippen LogP contribution is -2.48. The van der Waals surface area contributed by atoms with Crippen LogP contribution in [0.5, 0.6) is 0 Å². The molecule has 1 fully saturated rings. The van der Waals surface area contributed by atoms with Gasteiger partial charge < -0.3 is 5.73 Å². The van der Waals surface area contributed by atoms with Gasteiger partial charge in [0.15, 0.2) is 5.69 Å². The number of sulfonamides is 1. The molecule has 1 aromatic rings. The third-order valence-corrected chi connectivity index (χ3v) is 4.92. The van der Waals surface area contributed by atoms with Gasteiger partial charge in [0, 0.05) is 12.7 Å². The highest BCUT2D eigenvalue weighted by molar-refractivity contribution is 7.89. The first kappa shape index (κ1) is 13.0. The fourth-order valence-corrected chi connectivity index (χ4v) is 3.72. The van der Waals surface area contributed by atoms with Crippen molar-refractivity contribution in [1.29, 1.82) is 5.26 Å². The summed E-state index contributed by atoms with van der Waals surface area (Å²) in [6, 6.07) is 4.69. The summed E-state index contributed by atoms with van der Waals surface area (Å²) in [5.41, 5.74) is 5.75. The van der Waals surface area contributed by atoms with Gasteiger partial charge in [0.1, 0.15) is 11.0 Å². The van der Waals surface area contributed by atoms with Crippen molar-refractivity contribution in [3.8, 4) is 6.07 Å². The molecule has 0 aliphatic carbocycles. The van der Waals surface area contributed by atoms with Crippen LogP contribution in [0.1, 0.15) is 25.0 Å². The zero-order valence-corrected chi connectivity index (χ0v) is 10.6. The highest BCUT2D eigenvalue weighted by Gasteiger charge is 2.33. The number of hydrogen-bond donors (Lipinski definition) is 1. The van der Waals surface area contributed by atoms with E-state index in [-0.39, 0.29) is 10.6 Å². The molecule has 0 radical (unpaired) electrons. The molecule has 1 aliphatic heterocycles. The van der Waals surface area contributed by atoms with Crippen LogP contribution < -0.4 is 5.73 Å². The first-order valence-electron chi connectivity index (χ1n) is 5.70. The van der Waals surface area contributed by atoms with Crippen molar-refractivity contribution in [1.82, 2.24) is 9.29 Å². The summed E-state index contributed by atoms with van der Waals surface area (Å²) in [6.45, 7) is 0.392. The molecule has 2 rings (SSSR count). The number of aromatic nitrogens is 1. The van der Waals surface area contributed by atoms with E-state index in [1.54, 1.807) is 6.07 Å². The van der Waals surface area contributed by atoms with Crippen LogP contribution in [-0.2, 0) is 10.0 Å². The molecule has 0 aromatic carbocycles.